The number of aliphatic carboxylic acids is 1. The topological polar surface area (TPSA) is 69.6 Å². The first-order chi connectivity index (χ1) is 10.0. The number of carbonyl (C=O) groups excluding carboxylic acids is 1. The van der Waals surface area contributed by atoms with E-state index in [0.717, 1.165) is 25.7 Å². The smallest absolute Gasteiger partial charge is 0.329 e. The minimum absolute atomic E-state index is 0.188. The van der Waals surface area contributed by atoms with Gasteiger partial charge >= 0.3 is 12.0 Å². The Labute approximate surface area is 130 Å². The number of carboxylic acid groups (broad SMARTS) is 1. The average molecular weight is 314 g/mol. The van der Waals surface area contributed by atoms with E-state index in [1.807, 2.05) is 18.7 Å². The summed E-state index contributed by atoms with van der Waals surface area (Å²) >= 11 is 1.86. The Hall–Kier alpha value is -0.910. The first-order valence-electron chi connectivity index (χ1n) is 7.88. The molecule has 6 heteroatoms. The predicted molar refractivity (Wildman–Crippen MR) is 84.7 cm³/mol. The molecule has 1 aliphatic carbocycles. The maximum atomic E-state index is 12.5. The molecule has 1 saturated carbocycles. The van der Waals surface area contributed by atoms with Crippen LogP contribution in [0.25, 0.3) is 0 Å². The monoisotopic (exact) mass is 314 g/mol. The number of hydrogen-bond acceptors (Lipinski definition) is 3. The molecule has 2 rings (SSSR count). The summed E-state index contributed by atoms with van der Waals surface area (Å²) in [4.78, 5) is 25.7. The van der Waals surface area contributed by atoms with Crippen molar-refractivity contribution in [2.75, 3.05) is 12.8 Å². The van der Waals surface area contributed by atoms with E-state index in [0.29, 0.717) is 24.6 Å². The van der Waals surface area contributed by atoms with E-state index in [1.54, 1.807) is 4.90 Å². The van der Waals surface area contributed by atoms with Gasteiger partial charge in [-0.3, -0.25) is 0 Å². The zero-order valence-corrected chi connectivity index (χ0v) is 13.7. The summed E-state index contributed by atoms with van der Waals surface area (Å²) in [6.45, 7) is 2.40. The number of carboxylic acids is 1. The summed E-state index contributed by atoms with van der Waals surface area (Å²) in [5.74, 6) is -0.872. The fourth-order valence-electron chi connectivity index (χ4n) is 3.66. The van der Waals surface area contributed by atoms with Gasteiger partial charge in [0.15, 0.2) is 0 Å². The van der Waals surface area contributed by atoms with E-state index in [-0.39, 0.29) is 12.1 Å². The second-order valence-electron chi connectivity index (χ2n) is 6.12. The standard InChI is InChI=1S/C15H26N2O3S/c1-3-15(13(18)19)8-5-9-17(15)14(20)16-11-6-4-7-12(10-11)21-2/h11-12H,3-10H2,1-2H3,(H,16,20)(H,18,19). The van der Waals surface area contributed by atoms with Gasteiger partial charge in [-0.1, -0.05) is 13.3 Å². The van der Waals surface area contributed by atoms with Crippen LogP contribution in [0.15, 0.2) is 0 Å². The second-order valence-corrected chi connectivity index (χ2v) is 7.25. The van der Waals surface area contributed by atoms with Gasteiger partial charge in [0, 0.05) is 17.8 Å². The summed E-state index contributed by atoms with van der Waals surface area (Å²) in [6, 6.07) is -0.00356. The molecule has 1 aliphatic heterocycles. The van der Waals surface area contributed by atoms with Gasteiger partial charge in [-0.25, -0.2) is 9.59 Å². The third-order valence-corrected chi connectivity index (χ3v) is 6.10. The first-order valence-corrected chi connectivity index (χ1v) is 9.16. The van der Waals surface area contributed by atoms with Crippen LogP contribution in [0, 0.1) is 0 Å². The van der Waals surface area contributed by atoms with Gasteiger partial charge in [0.05, 0.1) is 0 Å². The highest BCUT2D eigenvalue weighted by atomic mass is 32.2. The second kappa shape index (κ2) is 6.90. The number of thioether (sulfide) groups is 1. The molecule has 0 radical (unpaired) electrons. The number of nitrogens with one attached hydrogen (secondary N) is 1. The molecule has 0 spiro atoms. The van der Waals surface area contributed by atoms with Crippen LogP contribution >= 0.6 is 11.8 Å². The van der Waals surface area contributed by atoms with Crippen LogP contribution in [0.5, 0.6) is 0 Å². The normalized spacial score (nSPS) is 33.0. The molecule has 2 fully saturated rings. The maximum absolute atomic E-state index is 12.5. The van der Waals surface area contributed by atoms with Crippen molar-refractivity contribution in [3.8, 4) is 0 Å². The Morgan fingerprint density at radius 3 is 2.76 bits per heavy atom. The van der Waals surface area contributed by atoms with E-state index in [4.69, 9.17) is 0 Å². The zero-order valence-electron chi connectivity index (χ0n) is 12.9. The molecule has 21 heavy (non-hydrogen) atoms. The summed E-state index contributed by atoms with van der Waals surface area (Å²) in [6.07, 6.45) is 8.25. The molecule has 0 aromatic rings. The molecule has 120 valence electrons. The lowest BCUT2D eigenvalue weighted by atomic mass is 9.93. The highest BCUT2D eigenvalue weighted by molar-refractivity contribution is 7.99. The fraction of sp³-hybridized carbons (Fsp3) is 0.867. The quantitative estimate of drug-likeness (QED) is 0.837. The number of urea groups is 1. The van der Waals surface area contributed by atoms with E-state index >= 15 is 0 Å². The molecular formula is C15H26N2O3S. The Balaban J connectivity index is 2.00. The van der Waals surface area contributed by atoms with E-state index in [9.17, 15) is 14.7 Å². The van der Waals surface area contributed by atoms with Crippen LogP contribution in [-0.2, 0) is 4.79 Å². The van der Waals surface area contributed by atoms with E-state index in [1.165, 1.54) is 6.42 Å². The molecular weight excluding hydrogens is 288 g/mol. The molecule has 5 nitrogen and oxygen atoms in total. The van der Waals surface area contributed by atoms with Gasteiger partial charge in [-0.2, -0.15) is 11.8 Å². The highest BCUT2D eigenvalue weighted by Gasteiger charge is 2.48. The third-order valence-electron chi connectivity index (χ3n) is 5.00. The van der Waals surface area contributed by atoms with Crippen LogP contribution in [-0.4, -0.2) is 51.6 Å². The summed E-state index contributed by atoms with van der Waals surface area (Å²) < 4.78 is 0. The molecule has 3 atom stereocenters. The Bertz CT molecular complexity index is 404. The fourth-order valence-corrected chi connectivity index (χ4v) is 4.49. The van der Waals surface area contributed by atoms with Crippen LogP contribution in [0.4, 0.5) is 4.79 Å². The molecule has 1 heterocycles. The number of rotatable bonds is 4. The largest absolute Gasteiger partial charge is 0.479 e. The van der Waals surface area contributed by atoms with Crippen molar-refractivity contribution in [3.05, 3.63) is 0 Å². The summed E-state index contributed by atoms with van der Waals surface area (Å²) in [7, 11) is 0. The third kappa shape index (κ3) is 3.30. The van der Waals surface area contributed by atoms with Gasteiger partial charge < -0.3 is 15.3 Å². The van der Waals surface area contributed by atoms with Crippen LogP contribution < -0.4 is 5.32 Å². The number of hydrogen-bond donors (Lipinski definition) is 2. The summed E-state index contributed by atoms with van der Waals surface area (Å²) in [5, 5.41) is 13.2. The van der Waals surface area contributed by atoms with Gasteiger partial charge in [-0.15, -0.1) is 0 Å². The van der Waals surface area contributed by atoms with E-state index < -0.39 is 11.5 Å². The molecule has 2 aliphatic rings. The molecule has 1 saturated heterocycles. The van der Waals surface area contributed by atoms with Gasteiger partial charge in [0.25, 0.3) is 0 Å². The zero-order chi connectivity index (χ0) is 15.5. The van der Waals surface area contributed by atoms with Crippen molar-refractivity contribution in [3.63, 3.8) is 0 Å². The van der Waals surface area contributed by atoms with Crippen molar-refractivity contribution in [1.82, 2.24) is 10.2 Å². The minimum atomic E-state index is -1.00. The SMILES string of the molecule is CCC1(C(=O)O)CCCN1C(=O)NC1CCCC(SC)C1. The number of carbonyl (C=O) groups is 2. The predicted octanol–water partition coefficient (Wildman–Crippen LogP) is 2.70. The lowest BCUT2D eigenvalue weighted by Crippen LogP contribution is -2.57. The number of likely N-dealkylation sites (tertiary alicyclic amines) is 1. The van der Waals surface area contributed by atoms with Gasteiger partial charge in [-0.05, 0) is 44.8 Å². The van der Waals surface area contributed by atoms with Crippen molar-refractivity contribution in [2.24, 2.45) is 0 Å². The van der Waals surface area contributed by atoms with Gasteiger partial charge in [0.1, 0.15) is 5.54 Å². The Kier molecular flexibility index (Phi) is 5.41. The average Bonchev–Trinajstić information content (AvgIpc) is 2.92. The first kappa shape index (κ1) is 16.5. The summed E-state index contributed by atoms with van der Waals surface area (Å²) in [5.41, 5.74) is -1.00. The Morgan fingerprint density at radius 2 is 2.14 bits per heavy atom. The molecule has 0 aromatic carbocycles. The van der Waals surface area contributed by atoms with Crippen LogP contribution in [0.3, 0.4) is 0 Å². The van der Waals surface area contributed by atoms with Crippen LogP contribution in [0.2, 0.25) is 0 Å². The van der Waals surface area contributed by atoms with Crippen molar-refractivity contribution < 1.29 is 14.7 Å². The van der Waals surface area contributed by atoms with Gasteiger partial charge in [0.2, 0.25) is 0 Å². The minimum Gasteiger partial charge on any atom is -0.479 e. The molecule has 2 amide bonds. The maximum Gasteiger partial charge on any atom is 0.329 e. The number of nitrogens with zero attached hydrogens (tertiary/aromatic N) is 1. The molecule has 0 aromatic heterocycles. The molecule has 0 bridgehead atoms. The lowest BCUT2D eigenvalue weighted by molar-refractivity contribution is -0.148. The Morgan fingerprint density at radius 1 is 1.38 bits per heavy atom. The molecule has 3 unspecified atom stereocenters. The van der Waals surface area contributed by atoms with Crippen molar-refractivity contribution in [2.45, 2.75) is 68.7 Å². The highest BCUT2D eigenvalue weighted by Crippen LogP contribution is 2.33. The van der Waals surface area contributed by atoms with Crippen molar-refractivity contribution in [1.29, 1.82) is 0 Å². The van der Waals surface area contributed by atoms with Crippen LogP contribution in [0.1, 0.15) is 51.9 Å². The molecule has 2 N–H and O–H groups in total. The lowest BCUT2D eigenvalue weighted by Gasteiger charge is -2.36. The van der Waals surface area contributed by atoms with Crippen molar-refractivity contribution >= 4 is 23.8 Å². The van der Waals surface area contributed by atoms with E-state index in [2.05, 4.69) is 11.6 Å². The number of amides is 2.